The molecule has 18 heavy (non-hydrogen) atoms. The first-order valence-electron chi connectivity index (χ1n) is 6.19. The molecule has 0 N–H and O–H groups in total. The summed E-state index contributed by atoms with van der Waals surface area (Å²) in [5.74, 6) is 0.0319. The van der Waals surface area contributed by atoms with Gasteiger partial charge in [-0.3, -0.25) is 0 Å². The van der Waals surface area contributed by atoms with Crippen molar-refractivity contribution in [3.05, 3.63) is 35.6 Å². The smallest absolute Gasteiger partial charge is 0.212 e. The van der Waals surface area contributed by atoms with Gasteiger partial charge < -0.3 is 0 Å². The van der Waals surface area contributed by atoms with Gasteiger partial charge in [-0.25, -0.2) is 17.1 Å². The summed E-state index contributed by atoms with van der Waals surface area (Å²) in [4.78, 5) is 0. The van der Waals surface area contributed by atoms with Gasteiger partial charge >= 0.3 is 0 Å². The summed E-state index contributed by atoms with van der Waals surface area (Å²) >= 11 is 0. The van der Waals surface area contributed by atoms with Crippen molar-refractivity contribution in [3.8, 4) is 0 Å². The molecule has 0 amide bonds. The highest BCUT2D eigenvalue weighted by Gasteiger charge is 2.27. The lowest BCUT2D eigenvalue weighted by Gasteiger charge is -2.30. The van der Waals surface area contributed by atoms with Gasteiger partial charge in [-0.2, -0.15) is 0 Å². The summed E-state index contributed by atoms with van der Waals surface area (Å²) in [5, 5.41) is 0. The molecule has 0 spiro atoms. The van der Waals surface area contributed by atoms with E-state index in [1.165, 1.54) is 24.3 Å². The minimum atomic E-state index is -3.27. The number of sulfonamides is 1. The molecule has 0 radical (unpaired) electrons. The molecule has 1 aliphatic rings. The van der Waals surface area contributed by atoms with E-state index in [9.17, 15) is 12.8 Å². The maximum Gasteiger partial charge on any atom is 0.218 e. The van der Waals surface area contributed by atoms with Crippen LogP contribution in [0.4, 0.5) is 4.39 Å². The van der Waals surface area contributed by atoms with Crippen LogP contribution in [0.2, 0.25) is 0 Å². The van der Waals surface area contributed by atoms with Crippen LogP contribution in [0.15, 0.2) is 24.3 Å². The zero-order chi connectivity index (χ0) is 13.2. The molecular weight excluding hydrogens is 253 g/mol. The van der Waals surface area contributed by atoms with E-state index in [0.29, 0.717) is 24.6 Å². The fourth-order valence-corrected chi connectivity index (χ4v) is 3.97. The number of rotatable bonds is 3. The molecular formula is C13H18FNO2S. The van der Waals surface area contributed by atoms with Crippen molar-refractivity contribution >= 4 is 10.0 Å². The van der Waals surface area contributed by atoms with Crippen LogP contribution >= 0.6 is 0 Å². The summed E-state index contributed by atoms with van der Waals surface area (Å²) in [6, 6.07) is 5.65. The Labute approximate surface area is 108 Å². The third kappa shape index (κ3) is 3.29. The second-order valence-electron chi connectivity index (χ2n) is 4.99. The van der Waals surface area contributed by atoms with Crippen molar-refractivity contribution in [2.45, 2.75) is 25.5 Å². The maximum atomic E-state index is 12.8. The number of halogens is 1. The van der Waals surface area contributed by atoms with E-state index in [1.807, 2.05) is 0 Å². The molecule has 2 rings (SSSR count). The van der Waals surface area contributed by atoms with Gasteiger partial charge in [0, 0.05) is 13.1 Å². The molecule has 3 nitrogen and oxygen atoms in total. The standard InChI is InChI=1S/C13H18FNO2S/c1-11-3-2-8-15(9-11)18(16,17)10-12-4-6-13(14)7-5-12/h4-7,11H,2-3,8-10H2,1H3/t11-/m0/s1. The minimum Gasteiger partial charge on any atom is -0.212 e. The SMILES string of the molecule is C[C@H]1CCCN(S(=O)(=O)Cc2ccc(F)cc2)C1. The van der Waals surface area contributed by atoms with E-state index in [4.69, 9.17) is 0 Å². The Bertz CT molecular complexity index is 498. The van der Waals surface area contributed by atoms with Gasteiger partial charge in [-0.15, -0.1) is 0 Å². The average molecular weight is 271 g/mol. The van der Waals surface area contributed by atoms with Crippen molar-refractivity contribution in [2.24, 2.45) is 5.92 Å². The van der Waals surface area contributed by atoms with E-state index >= 15 is 0 Å². The zero-order valence-corrected chi connectivity index (χ0v) is 11.3. The number of piperidine rings is 1. The molecule has 1 aromatic rings. The van der Waals surface area contributed by atoms with E-state index in [0.717, 1.165) is 12.8 Å². The van der Waals surface area contributed by atoms with Gasteiger partial charge in [-0.05, 0) is 36.5 Å². The first-order chi connectivity index (χ1) is 8.47. The van der Waals surface area contributed by atoms with Crippen LogP contribution in [0, 0.1) is 11.7 Å². The van der Waals surface area contributed by atoms with Gasteiger partial charge in [0.1, 0.15) is 5.82 Å². The average Bonchev–Trinajstić information content (AvgIpc) is 2.32. The van der Waals surface area contributed by atoms with Crippen molar-refractivity contribution < 1.29 is 12.8 Å². The van der Waals surface area contributed by atoms with Crippen molar-refractivity contribution in [1.29, 1.82) is 0 Å². The van der Waals surface area contributed by atoms with Gasteiger partial charge in [0.25, 0.3) is 0 Å². The molecule has 0 aromatic heterocycles. The van der Waals surface area contributed by atoms with Crippen LogP contribution in [0.25, 0.3) is 0 Å². The highest BCUT2D eigenvalue weighted by molar-refractivity contribution is 7.88. The summed E-state index contributed by atoms with van der Waals surface area (Å²) in [7, 11) is -3.27. The Morgan fingerprint density at radius 2 is 2.00 bits per heavy atom. The molecule has 1 aromatic carbocycles. The second-order valence-corrected chi connectivity index (χ2v) is 6.96. The van der Waals surface area contributed by atoms with Gasteiger partial charge in [0.2, 0.25) is 10.0 Å². The van der Waals surface area contributed by atoms with Crippen molar-refractivity contribution in [1.82, 2.24) is 4.31 Å². The summed E-state index contributed by atoms with van der Waals surface area (Å²) in [6.45, 7) is 3.27. The van der Waals surface area contributed by atoms with Crippen LogP contribution in [0.3, 0.4) is 0 Å². The Morgan fingerprint density at radius 3 is 2.61 bits per heavy atom. The molecule has 100 valence electrons. The third-order valence-corrected chi connectivity index (χ3v) is 5.09. The lowest BCUT2D eigenvalue weighted by molar-refractivity contribution is 0.281. The van der Waals surface area contributed by atoms with Crippen molar-refractivity contribution in [3.63, 3.8) is 0 Å². The number of hydrogen-bond donors (Lipinski definition) is 0. The first-order valence-corrected chi connectivity index (χ1v) is 7.80. The fraction of sp³-hybridized carbons (Fsp3) is 0.538. The first kappa shape index (κ1) is 13.5. The van der Waals surface area contributed by atoms with Crippen LogP contribution in [-0.2, 0) is 15.8 Å². The monoisotopic (exact) mass is 271 g/mol. The lowest BCUT2D eigenvalue weighted by Crippen LogP contribution is -2.39. The Morgan fingerprint density at radius 1 is 1.33 bits per heavy atom. The second kappa shape index (κ2) is 5.36. The quantitative estimate of drug-likeness (QED) is 0.846. The van der Waals surface area contributed by atoms with Crippen LogP contribution in [0.5, 0.6) is 0 Å². The molecule has 0 bridgehead atoms. The highest BCUT2D eigenvalue weighted by Crippen LogP contribution is 2.20. The summed E-state index contributed by atoms with van der Waals surface area (Å²) in [6.07, 6.45) is 2.01. The van der Waals surface area contributed by atoms with Gasteiger partial charge in [0.05, 0.1) is 5.75 Å². The number of benzene rings is 1. The fourth-order valence-electron chi connectivity index (χ4n) is 2.28. The predicted molar refractivity (Wildman–Crippen MR) is 69.0 cm³/mol. The molecule has 5 heteroatoms. The van der Waals surface area contributed by atoms with Crippen LogP contribution in [-0.4, -0.2) is 25.8 Å². The maximum absolute atomic E-state index is 12.8. The Kier molecular flexibility index (Phi) is 4.02. The molecule has 1 aliphatic heterocycles. The van der Waals surface area contributed by atoms with Crippen molar-refractivity contribution in [2.75, 3.05) is 13.1 Å². The van der Waals surface area contributed by atoms with Crippen LogP contribution in [0.1, 0.15) is 25.3 Å². The molecule has 1 saturated heterocycles. The minimum absolute atomic E-state index is 0.0417. The molecule has 0 aliphatic carbocycles. The molecule has 0 unspecified atom stereocenters. The lowest BCUT2D eigenvalue weighted by atomic mass is 10.0. The van der Waals surface area contributed by atoms with Gasteiger partial charge in [0.15, 0.2) is 0 Å². The van der Waals surface area contributed by atoms with E-state index in [1.54, 1.807) is 4.31 Å². The largest absolute Gasteiger partial charge is 0.218 e. The third-order valence-electron chi connectivity index (χ3n) is 3.28. The van der Waals surface area contributed by atoms with E-state index in [-0.39, 0.29) is 11.6 Å². The molecule has 0 saturated carbocycles. The molecule has 1 fully saturated rings. The topological polar surface area (TPSA) is 37.4 Å². The summed E-state index contributed by atoms with van der Waals surface area (Å²) < 4.78 is 38.8. The summed E-state index contributed by atoms with van der Waals surface area (Å²) in [5.41, 5.74) is 0.634. The predicted octanol–water partition coefficient (Wildman–Crippen LogP) is 2.39. The molecule has 1 atom stereocenters. The number of hydrogen-bond acceptors (Lipinski definition) is 2. The highest BCUT2D eigenvalue weighted by atomic mass is 32.2. The van der Waals surface area contributed by atoms with E-state index in [2.05, 4.69) is 6.92 Å². The number of nitrogens with zero attached hydrogens (tertiary/aromatic N) is 1. The Balaban J connectivity index is 2.09. The van der Waals surface area contributed by atoms with E-state index < -0.39 is 10.0 Å². The van der Waals surface area contributed by atoms with Crippen LogP contribution < -0.4 is 0 Å². The van der Waals surface area contributed by atoms with Gasteiger partial charge in [-0.1, -0.05) is 19.1 Å². The zero-order valence-electron chi connectivity index (χ0n) is 10.5. The Hall–Kier alpha value is -0.940. The normalized spacial score (nSPS) is 22.0. The molecule has 1 heterocycles.